The van der Waals surface area contributed by atoms with Crippen molar-refractivity contribution in [2.45, 2.75) is 25.0 Å². The SMILES string of the molecule is OC(CNC1CC1)c1ccc(F)cc1F. The van der Waals surface area contributed by atoms with Gasteiger partial charge in [-0.1, -0.05) is 6.07 Å². The van der Waals surface area contributed by atoms with Crippen molar-refractivity contribution in [2.24, 2.45) is 0 Å². The van der Waals surface area contributed by atoms with Gasteiger partial charge in [-0.2, -0.15) is 0 Å². The molecule has 1 aromatic rings. The van der Waals surface area contributed by atoms with Crippen molar-refractivity contribution < 1.29 is 13.9 Å². The fraction of sp³-hybridized carbons (Fsp3) is 0.455. The molecule has 0 amide bonds. The molecule has 1 saturated carbocycles. The maximum atomic E-state index is 13.2. The lowest BCUT2D eigenvalue weighted by molar-refractivity contribution is 0.169. The molecule has 0 spiro atoms. The van der Waals surface area contributed by atoms with E-state index in [0.29, 0.717) is 12.6 Å². The van der Waals surface area contributed by atoms with Gasteiger partial charge in [0, 0.05) is 24.2 Å². The van der Waals surface area contributed by atoms with Gasteiger partial charge in [-0.15, -0.1) is 0 Å². The second-order valence-electron chi connectivity index (χ2n) is 3.86. The normalized spacial score (nSPS) is 17.8. The minimum atomic E-state index is -0.911. The quantitative estimate of drug-likeness (QED) is 0.798. The Hall–Kier alpha value is -1.00. The van der Waals surface area contributed by atoms with Gasteiger partial charge >= 0.3 is 0 Å². The van der Waals surface area contributed by atoms with Crippen LogP contribution in [0.3, 0.4) is 0 Å². The molecule has 0 aromatic heterocycles. The molecule has 0 aliphatic heterocycles. The van der Waals surface area contributed by atoms with Crippen LogP contribution >= 0.6 is 0 Å². The molecule has 2 nitrogen and oxygen atoms in total. The van der Waals surface area contributed by atoms with Crippen molar-refractivity contribution in [1.82, 2.24) is 5.32 Å². The van der Waals surface area contributed by atoms with Crippen LogP contribution in [0.15, 0.2) is 18.2 Å². The lowest BCUT2D eigenvalue weighted by atomic mass is 10.1. The van der Waals surface area contributed by atoms with Crippen LogP contribution in [0.5, 0.6) is 0 Å². The smallest absolute Gasteiger partial charge is 0.131 e. The Bertz CT molecular complexity index is 352. The summed E-state index contributed by atoms with van der Waals surface area (Å²) >= 11 is 0. The first-order valence-electron chi connectivity index (χ1n) is 5.03. The second kappa shape index (κ2) is 4.24. The molecule has 2 rings (SSSR count). The summed E-state index contributed by atoms with van der Waals surface area (Å²) in [7, 11) is 0. The summed E-state index contributed by atoms with van der Waals surface area (Å²) < 4.78 is 25.8. The molecule has 1 atom stereocenters. The van der Waals surface area contributed by atoms with E-state index in [1.807, 2.05) is 0 Å². The van der Waals surface area contributed by atoms with Gasteiger partial charge in [0.25, 0.3) is 0 Å². The van der Waals surface area contributed by atoms with E-state index < -0.39 is 17.7 Å². The molecular weight excluding hydrogens is 200 g/mol. The standard InChI is InChI=1S/C11H13F2NO/c12-7-1-4-9(10(13)5-7)11(15)6-14-8-2-3-8/h1,4-5,8,11,14-15H,2-3,6H2. The Labute approximate surface area is 86.9 Å². The molecule has 1 aliphatic carbocycles. The van der Waals surface area contributed by atoms with Crippen LogP contribution in [0.4, 0.5) is 8.78 Å². The summed E-state index contributed by atoms with van der Waals surface area (Å²) in [5.41, 5.74) is 0.143. The number of halogens is 2. The van der Waals surface area contributed by atoms with E-state index in [-0.39, 0.29) is 5.56 Å². The lowest BCUT2D eigenvalue weighted by Gasteiger charge is -2.12. The largest absolute Gasteiger partial charge is 0.387 e. The molecule has 1 unspecified atom stereocenters. The third kappa shape index (κ3) is 2.73. The van der Waals surface area contributed by atoms with Crippen LogP contribution in [-0.4, -0.2) is 17.7 Å². The number of hydrogen-bond donors (Lipinski definition) is 2. The molecule has 2 N–H and O–H groups in total. The zero-order chi connectivity index (χ0) is 10.8. The summed E-state index contributed by atoms with van der Waals surface area (Å²) in [5, 5.41) is 12.7. The van der Waals surface area contributed by atoms with Gasteiger partial charge in [0.2, 0.25) is 0 Å². The number of nitrogens with one attached hydrogen (secondary N) is 1. The van der Waals surface area contributed by atoms with Crippen molar-refractivity contribution in [2.75, 3.05) is 6.54 Å². The van der Waals surface area contributed by atoms with Crippen LogP contribution in [-0.2, 0) is 0 Å². The summed E-state index contributed by atoms with van der Waals surface area (Å²) in [5.74, 6) is -1.32. The third-order valence-corrected chi connectivity index (χ3v) is 2.50. The number of aliphatic hydroxyl groups excluding tert-OH is 1. The van der Waals surface area contributed by atoms with Crippen molar-refractivity contribution in [1.29, 1.82) is 0 Å². The fourth-order valence-electron chi connectivity index (χ4n) is 1.45. The Morgan fingerprint density at radius 1 is 1.40 bits per heavy atom. The topological polar surface area (TPSA) is 32.3 Å². The Balaban J connectivity index is 1.99. The van der Waals surface area contributed by atoms with Crippen LogP contribution in [0.25, 0.3) is 0 Å². The first kappa shape index (κ1) is 10.5. The average molecular weight is 213 g/mol. The molecule has 1 fully saturated rings. The molecule has 4 heteroatoms. The number of hydrogen-bond acceptors (Lipinski definition) is 2. The van der Waals surface area contributed by atoms with Gasteiger partial charge in [0.05, 0.1) is 6.10 Å². The van der Waals surface area contributed by atoms with E-state index in [1.165, 1.54) is 6.07 Å². The van der Waals surface area contributed by atoms with Crippen LogP contribution in [0.1, 0.15) is 24.5 Å². The Kier molecular flexibility index (Phi) is 2.98. The van der Waals surface area contributed by atoms with Gasteiger partial charge < -0.3 is 10.4 Å². The Morgan fingerprint density at radius 2 is 2.13 bits per heavy atom. The highest BCUT2D eigenvalue weighted by molar-refractivity contribution is 5.21. The fourth-order valence-corrected chi connectivity index (χ4v) is 1.45. The minimum absolute atomic E-state index is 0.143. The molecule has 0 heterocycles. The number of aliphatic hydroxyl groups is 1. The number of rotatable bonds is 4. The molecule has 0 saturated heterocycles. The summed E-state index contributed by atoms with van der Waals surface area (Å²) in [4.78, 5) is 0. The van der Waals surface area contributed by atoms with Gasteiger partial charge in [-0.3, -0.25) is 0 Å². The molecular formula is C11H13F2NO. The lowest BCUT2D eigenvalue weighted by Crippen LogP contribution is -2.23. The molecule has 82 valence electrons. The van der Waals surface area contributed by atoms with Gasteiger partial charge in [0.15, 0.2) is 0 Å². The van der Waals surface area contributed by atoms with Crippen LogP contribution in [0, 0.1) is 11.6 Å². The average Bonchev–Trinajstić information content (AvgIpc) is 2.97. The van der Waals surface area contributed by atoms with Crippen molar-refractivity contribution in [3.8, 4) is 0 Å². The summed E-state index contributed by atoms with van der Waals surface area (Å²) in [6.45, 7) is 0.313. The van der Waals surface area contributed by atoms with Crippen molar-refractivity contribution >= 4 is 0 Å². The molecule has 0 radical (unpaired) electrons. The minimum Gasteiger partial charge on any atom is -0.387 e. The summed E-state index contributed by atoms with van der Waals surface area (Å²) in [6.07, 6.45) is 1.31. The molecule has 15 heavy (non-hydrogen) atoms. The van der Waals surface area contributed by atoms with Crippen molar-refractivity contribution in [3.05, 3.63) is 35.4 Å². The maximum Gasteiger partial charge on any atom is 0.131 e. The summed E-state index contributed by atoms with van der Waals surface area (Å²) in [6, 6.07) is 3.68. The zero-order valence-corrected chi connectivity index (χ0v) is 8.21. The van der Waals surface area contributed by atoms with Crippen LogP contribution < -0.4 is 5.32 Å². The first-order chi connectivity index (χ1) is 7.16. The highest BCUT2D eigenvalue weighted by atomic mass is 19.1. The van der Waals surface area contributed by atoms with E-state index in [9.17, 15) is 13.9 Å². The monoisotopic (exact) mass is 213 g/mol. The Morgan fingerprint density at radius 3 is 2.73 bits per heavy atom. The highest BCUT2D eigenvalue weighted by Gasteiger charge is 2.22. The second-order valence-corrected chi connectivity index (χ2v) is 3.86. The first-order valence-corrected chi connectivity index (χ1v) is 5.03. The number of benzene rings is 1. The molecule has 1 aromatic carbocycles. The van der Waals surface area contributed by atoms with Gasteiger partial charge in [-0.05, 0) is 18.9 Å². The maximum absolute atomic E-state index is 13.2. The van der Waals surface area contributed by atoms with Crippen LogP contribution in [0.2, 0.25) is 0 Å². The van der Waals surface area contributed by atoms with E-state index in [2.05, 4.69) is 5.32 Å². The predicted octanol–water partition coefficient (Wildman–Crippen LogP) is 1.75. The predicted molar refractivity (Wildman–Crippen MR) is 52.3 cm³/mol. The van der Waals surface area contributed by atoms with E-state index in [0.717, 1.165) is 25.0 Å². The highest BCUT2D eigenvalue weighted by Crippen LogP contribution is 2.21. The third-order valence-electron chi connectivity index (χ3n) is 2.50. The van der Waals surface area contributed by atoms with E-state index in [1.54, 1.807) is 0 Å². The van der Waals surface area contributed by atoms with E-state index >= 15 is 0 Å². The zero-order valence-electron chi connectivity index (χ0n) is 8.21. The van der Waals surface area contributed by atoms with E-state index in [4.69, 9.17) is 0 Å². The van der Waals surface area contributed by atoms with Gasteiger partial charge in [-0.25, -0.2) is 8.78 Å². The van der Waals surface area contributed by atoms with Gasteiger partial charge in [0.1, 0.15) is 11.6 Å². The molecule has 0 bridgehead atoms. The molecule has 1 aliphatic rings. The van der Waals surface area contributed by atoms with Crippen molar-refractivity contribution in [3.63, 3.8) is 0 Å².